The van der Waals surface area contributed by atoms with Crippen molar-refractivity contribution in [1.82, 2.24) is 10.6 Å². The van der Waals surface area contributed by atoms with E-state index in [9.17, 15) is 27.6 Å². The molecule has 1 aliphatic heterocycles. The van der Waals surface area contributed by atoms with E-state index in [2.05, 4.69) is 15.4 Å². The van der Waals surface area contributed by atoms with Crippen LogP contribution in [0.25, 0.3) is 0 Å². The SMILES string of the molecule is O=C1C[C@H](C(=O)N[C@@H]2CC3(NC(=O)C4CC(OC(F)(F)F)C4)CC2C3)Oc2ccc(Cl)cc21. The predicted molar refractivity (Wildman–Crippen MR) is 109 cm³/mol. The molecule has 7 nitrogen and oxygen atoms in total. The number of fused-ring (bicyclic) bond motifs is 2. The maximum absolute atomic E-state index is 12.8. The molecule has 6 rings (SSSR count). The average Bonchev–Trinajstić information content (AvgIpc) is 3.17. The molecule has 2 N–H and O–H groups in total. The summed E-state index contributed by atoms with van der Waals surface area (Å²) in [5, 5.41) is 6.36. The molecule has 2 bridgehead atoms. The Hall–Kier alpha value is -2.33. The summed E-state index contributed by atoms with van der Waals surface area (Å²) in [6, 6.07) is 4.51. The molecule has 0 saturated heterocycles. The van der Waals surface area contributed by atoms with Crippen molar-refractivity contribution in [2.75, 3.05) is 0 Å². The van der Waals surface area contributed by atoms with Crippen LogP contribution in [0.3, 0.4) is 0 Å². The number of carbonyl (C=O) groups excluding carboxylic acids is 3. The first-order valence-corrected chi connectivity index (χ1v) is 11.2. The van der Waals surface area contributed by atoms with Gasteiger partial charge in [0.05, 0.1) is 18.1 Å². The van der Waals surface area contributed by atoms with E-state index in [-0.39, 0.29) is 48.8 Å². The topological polar surface area (TPSA) is 93.7 Å². The Morgan fingerprint density at radius 2 is 1.88 bits per heavy atom. The van der Waals surface area contributed by atoms with Gasteiger partial charge in [-0.05, 0) is 56.2 Å². The van der Waals surface area contributed by atoms with Crippen LogP contribution >= 0.6 is 11.6 Å². The Morgan fingerprint density at radius 3 is 2.58 bits per heavy atom. The maximum Gasteiger partial charge on any atom is 0.522 e. The van der Waals surface area contributed by atoms with E-state index in [1.165, 1.54) is 6.07 Å². The van der Waals surface area contributed by atoms with Crippen molar-refractivity contribution in [2.45, 2.75) is 68.7 Å². The molecule has 33 heavy (non-hydrogen) atoms. The number of rotatable bonds is 5. The standard InChI is InChI=1S/C22H22ClF3N2O5/c23-12-1-2-17-14(5-12)16(29)6-18(32-17)20(31)27-15-9-21(7-11(15)8-21)28-19(30)10-3-13(4-10)33-22(24,25)26/h1-2,5,10-11,13,15,18H,3-4,6-9H2,(H,27,31)(H,28,30)/t10?,11?,13?,15-,18-,21?/m1/s1. The Kier molecular flexibility index (Phi) is 5.36. The lowest BCUT2D eigenvalue weighted by Gasteiger charge is -2.42. The number of Topliss-reactive ketones (excluding diaryl/α,β-unsaturated/α-hetero) is 1. The maximum atomic E-state index is 12.8. The molecule has 4 saturated carbocycles. The molecule has 5 aliphatic rings. The molecule has 4 aliphatic carbocycles. The number of carbonyl (C=O) groups is 3. The summed E-state index contributed by atoms with van der Waals surface area (Å²) in [5.74, 6) is -0.833. The zero-order valence-corrected chi connectivity index (χ0v) is 18.2. The second-order valence-electron chi connectivity index (χ2n) is 9.49. The third kappa shape index (κ3) is 4.42. The molecule has 2 atom stereocenters. The molecule has 2 amide bonds. The first-order chi connectivity index (χ1) is 15.5. The molecule has 0 aromatic heterocycles. The average molecular weight is 487 g/mol. The number of amides is 2. The molecule has 0 radical (unpaired) electrons. The molecule has 1 aromatic carbocycles. The summed E-state index contributed by atoms with van der Waals surface area (Å²) >= 11 is 5.92. The lowest BCUT2D eigenvalue weighted by Crippen LogP contribution is -2.55. The predicted octanol–water partition coefficient (Wildman–Crippen LogP) is 3.14. The first kappa shape index (κ1) is 22.5. The van der Waals surface area contributed by atoms with Crippen LogP contribution in [-0.2, 0) is 14.3 Å². The van der Waals surface area contributed by atoms with Gasteiger partial charge in [0, 0.05) is 22.5 Å². The van der Waals surface area contributed by atoms with Crippen LogP contribution in [-0.4, -0.2) is 47.7 Å². The van der Waals surface area contributed by atoms with Crippen molar-refractivity contribution in [3.05, 3.63) is 28.8 Å². The fourth-order valence-corrected chi connectivity index (χ4v) is 5.62. The minimum atomic E-state index is -4.69. The second kappa shape index (κ2) is 7.87. The number of ketones is 1. The van der Waals surface area contributed by atoms with Gasteiger partial charge in [0.15, 0.2) is 11.9 Å². The molecular weight excluding hydrogens is 465 g/mol. The Balaban J connectivity index is 1.12. The van der Waals surface area contributed by atoms with E-state index in [1.54, 1.807) is 12.1 Å². The number of benzene rings is 1. The highest BCUT2D eigenvalue weighted by Crippen LogP contribution is 2.52. The molecule has 11 heteroatoms. The zero-order chi connectivity index (χ0) is 23.5. The second-order valence-corrected chi connectivity index (χ2v) is 9.92. The van der Waals surface area contributed by atoms with Crippen LogP contribution in [0.4, 0.5) is 13.2 Å². The van der Waals surface area contributed by atoms with Gasteiger partial charge in [0.25, 0.3) is 5.91 Å². The highest BCUT2D eigenvalue weighted by Gasteiger charge is 2.58. The molecule has 1 aromatic rings. The summed E-state index contributed by atoms with van der Waals surface area (Å²) < 4.78 is 46.4. The van der Waals surface area contributed by atoms with Crippen molar-refractivity contribution in [2.24, 2.45) is 11.8 Å². The molecule has 0 spiro atoms. The van der Waals surface area contributed by atoms with Crippen LogP contribution in [0.15, 0.2) is 18.2 Å². The van der Waals surface area contributed by atoms with Gasteiger partial charge in [0.2, 0.25) is 5.91 Å². The normalized spacial score (nSPS) is 34.4. The number of halogens is 4. The van der Waals surface area contributed by atoms with Gasteiger partial charge < -0.3 is 15.4 Å². The van der Waals surface area contributed by atoms with Crippen molar-refractivity contribution < 1.29 is 37.0 Å². The number of hydrogen-bond donors (Lipinski definition) is 2. The number of hydrogen-bond acceptors (Lipinski definition) is 5. The first-order valence-electron chi connectivity index (χ1n) is 10.9. The van der Waals surface area contributed by atoms with E-state index in [0.29, 0.717) is 35.6 Å². The highest BCUT2D eigenvalue weighted by atomic mass is 35.5. The molecule has 0 unspecified atom stereocenters. The van der Waals surface area contributed by atoms with Crippen LogP contribution in [0.5, 0.6) is 5.75 Å². The fourth-order valence-electron chi connectivity index (χ4n) is 5.45. The molecular formula is C22H22ClF3N2O5. The largest absolute Gasteiger partial charge is 0.522 e. The number of alkyl halides is 3. The van der Waals surface area contributed by atoms with E-state index in [0.717, 1.165) is 0 Å². The Bertz CT molecular complexity index is 1000. The lowest BCUT2D eigenvalue weighted by molar-refractivity contribution is -0.353. The third-order valence-corrected chi connectivity index (χ3v) is 7.38. The zero-order valence-electron chi connectivity index (χ0n) is 17.4. The van der Waals surface area contributed by atoms with Gasteiger partial charge in [-0.1, -0.05) is 11.6 Å². The summed E-state index contributed by atoms with van der Waals surface area (Å²) in [5.41, 5.74) is -0.0855. The summed E-state index contributed by atoms with van der Waals surface area (Å²) in [4.78, 5) is 37.6. The van der Waals surface area contributed by atoms with E-state index in [1.807, 2.05) is 0 Å². The van der Waals surface area contributed by atoms with Gasteiger partial charge in [0.1, 0.15) is 5.75 Å². The smallest absolute Gasteiger partial charge is 0.479 e. The van der Waals surface area contributed by atoms with Crippen LogP contribution in [0, 0.1) is 11.8 Å². The minimum absolute atomic E-state index is 0.0464. The summed E-state index contributed by atoms with van der Waals surface area (Å²) in [6.45, 7) is 0. The van der Waals surface area contributed by atoms with E-state index in [4.69, 9.17) is 16.3 Å². The monoisotopic (exact) mass is 486 g/mol. The van der Waals surface area contributed by atoms with Gasteiger partial charge >= 0.3 is 6.36 Å². The molecule has 1 heterocycles. The number of nitrogens with one attached hydrogen (secondary N) is 2. The fraction of sp³-hybridized carbons (Fsp3) is 0.591. The van der Waals surface area contributed by atoms with Gasteiger partial charge in [-0.25, -0.2) is 0 Å². The van der Waals surface area contributed by atoms with E-state index >= 15 is 0 Å². The number of ether oxygens (including phenoxy) is 2. The van der Waals surface area contributed by atoms with Crippen LogP contribution in [0.2, 0.25) is 5.02 Å². The van der Waals surface area contributed by atoms with Gasteiger partial charge in [-0.2, -0.15) is 0 Å². The van der Waals surface area contributed by atoms with Gasteiger partial charge in [-0.3, -0.25) is 19.1 Å². The Labute approximate surface area is 192 Å². The Morgan fingerprint density at radius 1 is 1.15 bits per heavy atom. The third-order valence-electron chi connectivity index (χ3n) is 7.14. The minimum Gasteiger partial charge on any atom is -0.479 e. The quantitative estimate of drug-likeness (QED) is 0.667. The molecule has 178 valence electrons. The van der Waals surface area contributed by atoms with Crippen molar-refractivity contribution in [1.29, 1.82) is 0 Å². The van der Waals surface area contributed by atoms with Crippen molar-refractivity contribution in [3.63, 3.8) is 0 Å². The lowest BCUT2D eigenvalue weighted by atomic mass is 9.75. The van der Waals surface area contributed by atoms with Crippen LogP contribution in [0.1, 0.15) is 48.9 Å². The molecule has 4 fully saturated rings. The highest BCUT2D eigenvalue weighted by molar-refractivity contribution is 6.31. The van der Waals surface area contributed by atoms with Crippen molar-refractivity contribution >= 4 is 29.2 Å². The van der Waals surface area contributed by atoms with Gasteiger partial charge in [-0.15, -0.1) is 13.2 Å². The summed E-state index contributed by atoms with van der Waals surface area (Å²) in [6.07, 6.45) is -4.65. The van der Waals surface area contributed by atoms with Crippen LogP contribution < -0.4 is 15.4 Å². The van der Waals surface area contributed by atoms with Crippen molar-refractivity contribution in [3.8, 4) is 5.75 Å². The van der Waals surface area contributed by atoms with E-state index < -0.39 is 30.0 Å². The summed E-state index contributed by atoms with van der Waals surface area (Å²) in [7, 11) is 0.